The Morgan fingerprint density at radius 3 is 2.65 bits per heavy atom. The number of carbonyl (C=O) groups is 3. The zero-order valence-corrected chi connectivity index (χ0v) is 19.6. The van der Waals surface area contributed by atoms with Crippen LogP contribution in [0.1, 0.15) is 68.9 Å². The number of anilines is 1. The number of amides is 2. The molecule has 34 heavy (non-hydrogen) atoms. The molecule has 8 nitrogen and oxygen atoms in total. The molecule has 2 amide bonds. The molecule has 3 aliphatic rings. The Kier molecular flexibility index (Phi) is 5.77. The molecule has 2 fully saturated rings. The lowest BCUT2D eigenvalue weighted by Gasteiger charge is -2.28. The maximum Gasteiger partial charge on any atom is 0.335 e. The van der Waals surface area contributed by atoms with Crippen molar-refractivity contribution in [3.05, 3.63) is 51.8 Å². The fourth-order valence-corrected chi connectivity index (χ4v) is 5.55. The molecule has 1 atom stereocenters. The normalized spacial score (nSPS) is 21.4. The Bertz CT molecular complexity index is 1210. The molecule has 2 saturated heterocycles. The van der Waals surface area contributed by atoms with Crippen molar-refractivity contribution < 1.29 is 19.5 Å². The first kappa shape index (κ1) is 22.4. The van der Waals surface area contributed by atoms with Gasteiger partial charge in [0.05, 0.1) is 16.7 Å². The van der Waals surface area contributed by atoms with Crippen molar-refractivity contribution in [1.82, 2.24) is 14.8 Å². The number of carboxylic acid groups (broad SMARTS) is 1. The summed E-state index contributed by atoms with van der Waals surface area (Å²) in [7, 11) is 0. The molecule has 1 aromatic carbocycles. The highest BCUT2D eigenvalue weighted by Gasteiger charge is 2.34. The van der Waals surface area contributed by atoms with Gasteiger partial charge in [0.25, 0.3) is 11.8 Å². The van der Waals surface area contributed by atoms with Crippen molar-refractivity contribution in [2.75, 3.05) is 31.5 Å². The van der Waals surface area contributed by atoms with Crippen molar-refractivity contribution in [2.45, 2.75) is 45.6 Å². The van der Waals surface area contributed by atoms with Gasteiger partial charge in [-0.15, -0.1) is 0 Å². The number of aromatic carboxylic acids is 1. The van der Waals surface area contributed by atoms with E-state index in [2.05, 4.69) is 15.2 Å². The third-order valence-electron chi connectivity index (χ3n) is 7.33. The van der Waals surface area contributed by atoms with E-state index in [4.69, 9.17) is 0 Å². The molecule has 3 N–H and O–H groups in total. The zero-order valence-electron chi connectivity index (χ0n) is 19.6. The van der Waals surface area contributed by atoms with Gasteiger partial charge in [0, 0.05) is 41.8 Å². The van der Waals surface area contributed by atoms with E-state index >= 15 is 0 Å². The van der Waals surface area contributed by atoms with Gasteiger partial charge in [-0.1, -0.05) is 0 Å². The second-order valence-electron chi connectivity index (χ2n) is 9.54. The monoisotopic (exact) mass is 462 g/mol. The quantitative estimate of drug-likeness (QED) is 0.590. The first-order valence-electron chi connectivity index (χ1n) is 12.0. The predicted octanol–water partition coefficient (Wildman–Crippen LogP) is 3.52. The minimum atomic E-state index is -1.05. The average Bonchev–Trinajstić information content (AvgIpc) is 3.58. The summed E-state index contributed by atoms with van der Waals surface area (Å²) in [6, 6.07) is 4.82. The van der Waals surface area contributed by atoms with E-state index in [1.165, 1.54) is 25.0 Å². The summed E-state index contributed by atoms with van der Waals surface area (Å²) in [5, 5.41) is 12.1. The van der Waals surface area contributed by atoms with Crippen LogP contribution in [0.25, 0.3) is 11.6 Å². The number of nitrogens with zero attached hydrogens (tertiary/aromatic N) is 2. The fraction of sp³-hybridized carbons (Fsp3) is 0.423. The van der Waals surface area contributed by atoms with Crippen LogP contribution in [-0.4, -0.2) is 69.9 Å². The number of aryl methyl sites for hydroxylation is 1. The summed E-state index contributed by atoms with van der Waals surface area (Å²) >= 11 is 0. The number of aromatic amines is 1. The molecule has 8 heteroatoms. The van der Waals surface area contributed by atoms with E-state index in [1.807, 2.05) is 18.7 Å². The summed E-state index contributed by atoms with van der Waals surface area (Å²) < 4.78 is 0. The van der Waals surface area contributed by atoms with Crippen LogP contribution in [0.2, 0.25) is 0 Å². The van der Waals surface area contributed by atoms with E-state index in [0.29, 0.717) is 28.1 Å². The van der Waals surface area contributed by atoms with Crippen molar-refractivity contribution in [3.63, 3.8) is 0 Å². The summed E-state index contributed by atoms with van der Waals surface area (Å²) in [6.45, 7) is 7.73. The van der Waals surface area contributed by atoms with Crippen LogP contribution < -0.4 is 5.32 Å². The van der Waals surface area contributed by atoms with Gasteiger partial charge >= 0.3 is 5.97 Å². The van der Waals surface area contributed by atoms with Crippen molar-refractivity contribution in [1.29, 1.82) is 0 Å². The number of nitrogens with one attached hydrogen (secondary N) is 2. The maximum atomic E-state index is 13.6. The number of rotatable bonds is 5. The van der Waals surface area contributed by atoms with Gasteiger partial charge in [-0.25, -0.2) is 4.79 Å². The highest BCUT2D eigenvalue weighted by atomic mass is 16.4. The number of carbonyl (C=O) groups excluding carboxylic acids is 2. The molecule has 0 aliphatic carbocycles. The fourth-order valence-electron chi connectivity index (χ4n) is 5.55. The van der Waals surface area contributed by atoms with Gasteiger partial charge in [0.1, 0.15) is 0 Å². The predicted molar refractivity (Wildman–Crippen MR) is 130 cm³/mol. The third kappa shape index (κ3) is 3.92. The summed E-state index contributed by atoms with van der Waals surface area (Å²) in [6.07, 6.45) is 6.24. The van der Waals surface area contributed by atoms with Crippen LogP contribution in [0.5, 0.6) is 0 Å². The maximum absolute atomic E-state index is 13.6. The Balaban J connectivity index is 1.44. The second kappa shape index (κ2) is 8.76. The zero-order chi connectivity index (χ0) is 24.0. The Hall–Kier alpha value is -3.39. The molecule has 0 unspecified atom stereocenters. The third-order valence-corrected chi connectivity index (χ3v) is 7.33. The lowest BCUT2D eigenvalue weighted by molar-refractivity contribution is -0.110. The standard InChI is InChI=1S/C26H30N4O4/c1-15-22(13-20-19-12-17(26(33)34)7-8-21(19)28-24(20)31)27-16(2)23(15)25(32)30-11-5-6-18(30)14-29-9-3-4-10-29/h7-8,12-13,18,27H,3-6,9-11,14H2,1-2H3,(H,28,31)(H,33,34)/t18-/m0/s1. The Morgan fingerprint density at radius 1 is 1.15 bits per heavy atom. The molecule has 0 saturated carbocycles. The summed E-state index contributed by atoms with van der Waals surface area (Å²) in [5.74, 6) is -1.29. The van der Waals surface area contributed by atoms with E-state index in [9.17, 15) is 19.5 Å². The molecule has 1 aromatic heterocycles. The molecule has 178 valence electrons. The lowest BCUT2D eigenvalue weighted by Crippen LogP contribution is -2.42. The first-order chi connectivity index (χ1) is 16.3. The lowest BCUT2D eigenvalue weighted by atomic mass is 10.0. The number of carboxylic acids is 1. The highest BCUT2D eigenvalue weighted by molar-refractivity contribution is 6.35. The summed E-state index contributed by atoms with van der Waals surface area (Å²) in [5.41, 5.74) is 4.57. The van der Waals surface area contributed by atoms with Gasteiger partial charge in [0.15, 0.2) is 0 Å². The van der Waals surface area contributed by atoms with Crippen molar-refractivity contribution in [3.8, 4) is 0 Å². The Morgan fingerprint density at radius 2 is 1.91 bits per heavy atom. The van der Waals surface area contributed by atoms with Crippen LogP contribution in [-0.2, 0) is 4.79 Å². The van der Waals surface area contributed by atoms with Gasteiger partial charge in [0.2, 0.25) is 0 Å². The molecular formula is C26H30N4O4. The van der Waals surface area contributed by atoms with Crippen LogP contribution in [0.15, 0.2) is 18.2 Å². The molecule has 0 radical (unpaired) electrons. The number of hydrogen-bond acceptors (Lipinski definition) is 4. The minimum absolute atomic E-state index is 0.0436. The Labute approximate surface area is 198 Å². The smallest absolute Gasteiger partial charge is 0.335 e. The van der Waals surface area contributed by atoms with Crippen molar-refractivity contribution >= 4 is 35.1 Å². The second-order valence-corrected chi connectivity index (χ2v) is 9.54. The largest absolute Gasteiger partial charge is 0.478 e. The van der Waals surface area contributed by atoms with Gasteiger partial charge in [-0.2, -0.15) is 0 Å². The average molecular weight is 463 g/mol. The molecule has 0 spiro atoms. The SMILES string of the molecule is Cc1[nH]c(C=C2C(=O)Nc3ccc(C(=O)O)cc32)c(C)c1C(=O)N1CCC[C@H]1CN1CCCC1. The number of aromatic nitrogens is 1. The topological polar surface area (TPSA) is 106 Å². The summed E-state index contributed by atoms with van der Waals surface area (Å²) in [4.78, 5) is 45.5. The van der Waals surface area contributed by atoms with Gasteiger partial charge < -0.3 is 25.2 Å². The van der Waals surface area contributed by atoms with E-state index in [1.54, 1.807) is 12.1 Å². The number of fused-ring (bicyclic) bond motifs is 1. The molecule has 3 aliphatic heterocycles. The van der Waals surface area contributed by atoms with Crippen LogP contribution in [0, 0.1) is 13.8 Å². The van der Waals surface area contributed by atoms with E-state index < -0.39 is 5.97 Å². The molecule has 0 bridgehead atoms. The minimum Gasteiger partial charge on any atom is -0.478 e. The van der Waals surface area contributed by atoms with Gasteiger partial charge in [-0.05, 0) is 82.5 Å². The molecule has 4 heterocycles. The van der Waals surface area contributed by atoms with Crippen LogP contribution in [0.4, 0.5) is 5.69 Å². The number of hydrogen-bond donors (Lipinski definition) is 3. The molecule has 5 rings (SSSR count). The van der Waals surface area contributed by atoms with Crippen LogP contribution in [0.3, 0.4) is 0 Å². The molecule has 2 aromatic rings. The van der Waals surface area contributed by atoms with Crippen LogP contribution >= 0.6 is 0 Å². The molecular weight excluding hydrogens is 432 g/mol. The number of H-pyrrole nitrogens is 1. The van der Waals surface area contributed by atoms with Crippen molar-refractivity contribution in [2.24, 2.45) is 0 Å². The number of benzene rings is 1. The highest BCUT2D eigenvalue weighted by Crippen LogP contribution is 2.35. The first-order valence-corrected chi connectivity index (χ1v) is 12.0. The number of likely N-dealkylation sites (tertiary alicyclic amines) is 2. The van der Waals surface area contributed by atoms with E-state index in [0.717, 1.165) is 50.3 Å². The van der Waals surface area contributed by atoms with E-state index in [-0.39, 0.29) is 23.4 Å². The van der Waals surface area contributed by atoms with Gasteiger partial charge in [-0.3, -0.25) is 9.59 Å².